The van der Waals surface area contributed by atoms with Crippen molar-refractivity contribution in [3.8, 4) is 0 Å². The topological polar surface area (TPSA) is 78.9 Å². The van der Waals surface area contributed by atoms with Crippen molar-refractivity contribution in [3.63, 3.8) is 0 Å². The molecule has 1 heterocycles. The third-order valence-electron chi connectivity index (χ3n) is 2.37. The van der Waals surface area contributed by atoms with Crippen LogP contribution in [0.15, 0.2) is 12.3 Å². The third kappa shape index (κ3) is 3.04. The van der Waals surface area contributed by atoms with E-state index in [1.165, 1.54) is 24.2 Å². The third-order valence-corrected chi connectivity index (χ3v) is 2.37. The van der Waals surface area contributed by atoms with Crippen molar-refractivity contribution in [1.29, 1.82) is 0 Å². The van der Waals surface area contributed by atoms with Crippen LogP contribution in [0.25, 0.3) is 0 Å². The number of aldehydes is 1. The molecule has 90 valence electrons. The van der Waals surface area contributed by atoms with Crippen molar-refractivity contribution in [1.82, 2.24) is 10.2 Å². The zero-order valence-electron chi connectivity index (χ0n) is 9.13. The van der Waals surface area contributed by atoms with Crippen molar-refractivity contribution >= 4 is 12.3 Å². The molecule has 1 aliphatic heterocycles. The van der Waals surface area contributed by atoms with Gasteiger partial charge in [-0.15, -0.1) is 0 Å². The first-order valence-electron chi connectivity index (χ1n) is 5.11. The van der Waals surface area contributed by atoms with Gasteiger partial charge in [0.1, 0.15) is 12.5 Å². The van der Waals surface area contributed by atoms with Gasteiger partial charge in [0.05, 0.1) is 12.7 Å². The number of urea groups is 1. The van der Waals surface area contributed by atoms with Gasteiger partial charge in [-0.25, -0.2) is 4.79 Å². The number of aliphatic hydroxyl groups is 1. The lowest BCUT2D eigenvalue weighted by molar-refractivity contribution is -0.104. The van der Waals surface area contributed by atoms with E-state index in [0.717, 1.165) is 0 Å². The van der Waals surface area contributed by atoms with Crippen molar-refractivity contribution in [3.05, 3.63) is 12.3 Å². The van der Waals surface area contributed by atoms with Crippen LogP contribution < -0.4 is 5.32 Å². The Bertz CT molecular complexity index is 280. The first-order valence-corrected chi connectivity index (χ1v) is 5.11. The predicted octanol–water partition coefficient (Wildman–Crippen LogP) is -0.162. The van der Waals surface area contributed by atoms with E-state index in [0.29, 0.717) is 19.1 Å². The Hall–Kier alpha value is -1.40. The number of hydrogen-bond donors (Lipinski definition) is 2. The van der Waals surface area contributed by atoms with Crippen LogP contribution in [-0.4, -0.2) is 48.3 Å². The van der Waals surface area contributed by atoms with Crippen molar-refractivity contribution < 1.29 is 19.4 Å². The van der Waals surface area contributed by atoms with Gasteiger partial charge in [-0.2, -0.15) is 0 Å². The van der Waals surface area contributed by atoms with Crippen LogP contribution >= 0.6 is 0 Å². The van der Waals surface area contributed by atoms with Gasteiger partial charge in [-0.3, -0.25) is 9.69 Å². The first kappa shape index (κ1) is 12.7. The Morgan fingerprint density at radius 3 is 2.88 bits per heavy atom. The van der Waals surface area contributed by atoms with Crippen LogP contribution in [0, 0.1) is 0 Å². The summed E-state index contributed by atoms with van der Waals surface area (Å²) >= 11 is 0. The molecule has 0 aromatic heterocycles. The first-order chi connectivity index (χ1) is 7.72. The van der Waals surface area contributed by atoms with E-state index in [1.54, 1.807) is 0 Å². The van der Waals surface area contributed by atoms with E-state index in [9.17, 15) is 9.59 Å². The molecule has 0 aliphatic carbocycles. The minimum absolute atomic E-state index is 0.0600. The average molecular weight is 228 g/mol. The van der Waals surface area contributed by atoms with E-state index in [1.807, 2.05) is 0 Å². The number of carbonyl (C=O) groups excluding carboxylic acids is 2. The van der Waals surface area contributed by atoms with Gasteiger partial charge in [0.15, 0.2) is 0 Å². The SMILES string of the molecule is CNC(=O)N(/C=C\C=O)C1CCC(CO)O1. The molecule has 1 fully saturated rings. The van der Waals surface area contributed by atoms with Gasteiger partial charge in [-0.05, 0) is 18.9 Å². The number of amides is 2. The second-order valence-corrected chi connectivity index (χ2v) is 3.41. The molecule has 1 rings (SSSR count). The number of ether oxygens (including phenoxy) is 1. The van der Waals surface area contributed by atoms with Crippen LogP contribution in [0.4, 0.5) is 4.79 Å². The predicted molar refractivity (Wildman–Crippen MR) is 56.5 cm³/mol. The molecule has 0 bridgehead atoms. The maximum Gasteiger partial charge on any atom is 0.323 e. The summed E-state index contributed by atoms with van der Waals surface area (Å²) in [6.45, 7) is -0.0600. The molecule has 2 amide bonds. The zero-order chi connectivity index (χ0) is 12.0. The summed E-state index contributed by atoms with van der Waals surface area (Å²) in [4.78, 5) is 23.0. The highest BCUT2D eigenvalue weighted by Crippen LogP contribution is 2.22. The fourth-order valence-corrected chi connectivity index (χ4v) is 1.58. The standard InChI is InChI=1S/C10H16N2O4/c1-11-10(15)12(5-2-6-13)9-4-3-8(7-14)16-9/h2,5-6,8-9,14H,3-4,7H2,1H3,(H,11,15)/b5-2-. The smallest absolute Gasteiger partial charge is 0.323 e. The van der Waals surface area contributed by atoms with Crippen molar-refractivity contribution in [2.75, 3.05) is 13.7 Å². The average Bonchev–Trinajstić information content (AvgIpc) is 2.77. The van der Waals surface area contributed by atoms with E-state index < -0.39 is 6.23 Å². The Morgan fingerprint density at radius 1 is 1.62 bits per heavy atom. The number of hydrogen-bond acceptors (Lipinski definition) is 4. The highest BCUT2D eigenvalue weighted by molar-refractivity contribution is 5.76. The lowest BCUT2D eigenvalue weighted by atomic mass is 10.2. The molecule has 2 unspecified atom stereocenters. The van der Waals surface area contributed by atoms with Gasteiger partial charge >= 0.3 is 6.03 Å². The molecule has 6 heteroatoms. The summed E-state index contributed by atoms with van der Waals surface area (Å²) < 4.78 is 5.44. The van der Waals surface area contributed by atoms with Crippen LogP contribution in [-0.2, 0) is 9.53 Å². The Kier molecular flexibility index (Phi) is 4.94. The van der Waals surface area contributed by atoms with E-state index in [2.05, 4.69) is 5.32 Å². The fraction of sp³-hybridized carbons (Fsp3) is 0.600. The molecule has 2 N–H and O–H groups in total. The maximum absolute atomic E-state index is 11.5. The number of nitrogens with zero attached hydrogens (tertiary/aromatic N) is 1. The highest BCUT2D eigenvalue weighted by Gasteiger charge is 2.30. The minimum atomic E-state index is -0.423. The van der Waals surface area contributed by atoms with Crippen molar-refractivity contribution in [2.24, 2.45) is 0 Å². The Morgan fingerprint density at radius 2 is 2.38 bits per heavy atom. The van der Waals surface area contributed by atoms with E-state index in [-0.39, 0.29) is 18.7 Å². The lowest BCUT2D eigenvalue weighted by Crippen LogP contribution is -2.41. The normalized spacial score (nSPS) is 24.6. The van der Waals surface area contributed by atoms with Crippen LogP contribution in [0.5, 0.6) is 0 Å². The largest absolute Gasteiger partial charge is 0.394 e. The lowest BCUT2D eigenvalue weighted by Gasteiger charge is -2.24. The van der Waals surface area contributed by atoms with Crippen LogP contribution in [0.1, 0.15) is 12.8 Å². The Labute approximate surface area is 93.9 Å². The maximum atomic E-state index is 11.5. The number of allylic oxidation sites excluding steroid dienone is 1. The van der Waals surface area contributed by atoms with Crippen molar-refractivity contribution in [2.45, 2.75) is 25.2 Å². The number of aliphatic hydroxyl groups excluding tert-OH is 1. The van der Waals surface area contributed by atoms with Crippen LogP contribution in [0.3, 0.4) is 0 Å². The molecule has 0 radical (unpaired) electrons. The second-order valence-electron chi connectivity index (χ2n) is 3.41. The molecular weight excluding hydrogens is 212 g/mol. The van der Waals surface area contributed by atoms with Gasteiger partial charge in [0, 0.05) is 13.2 Å². The summed E-state index contributed by atoms with van der Waals surface area (Å²) in [6, 6.07) is -0.346. The Balaban J connectivity index is 2.66. The summed E-state index contributed by atoms with van der Waals surface area (Å²) in [7, 11) is 1.50. The monoisotopic (exact) mass is 228 g/mol. The molecule has 0 saturated carbocycles. The fourth-order valence-electron chi connectivity index (χ4n) is 1.58. The molecule has 1 aliphatic rings. The quantitative estimate of drug-likeness (QED) is 0.517. The number of rotatable bonds is 4. The van der Waals surface area contributed by atoms with Gasteiger partial charge in [-0.1, -0.05) is 0 Å². The molecular formula is C10H16N2O4. The molecule has 0 spiro atoms. The summed E-state index contributed by atoms with van der Waals surface area (Å²) in [5.74, 6) is 0. The molecule has 2 atom stereocenters. The molecule has 0 aromatic rings. The summed E-state index contributed by atoms with van der Waals surface area (Å²) in [5.41, 5.74) is 0. The van der Waals surface area contributed by atoms with Gasteiger partial charge < -0.3 is 15.2 Å². The van der Waals surface area contributed by atoms with Crippen LogP contribution in [0.2, 0.25) is 0 Å². The molecule has 1 saturated heterocycles. The zero-order valence-corrected chi connectivity index (χ0v) is 9.13. The second kappa shape index (κ2) is 6.24. The van der Waals surface area contributed by atoms with E-state index >= 15 is 0 Å². The summed E-state index contributed by atoms with van der Waals surface area (Å²) in [5, 5.41) is 11.4. The summed E-state index contributed by atoms with van der Waals surface area (Å²) in [6.07, 6.45) is 3.87. The number of carbonyl (C=O) groups is 2. The molecule has 6 nitrogen and oxygen atoms in total. The number of nitrogens with one attached hydrogen (secondary N) is 1. The van der Waals surface area contributed by atoms with Gasteiger partial charge in [0.25, 0.3) is 0 Å². The highest BCUT2D eigenvalue weighted by atomic mass is 16.5. The molecule has 16 heavy (non-hydrogen) atoms. The van der Waals surface area contributed by atoms with Gasteiger partial charge in [0.2, 0.25) is 0 Å². The van der Waals surface area contributed by atoms with E-state index in [4.69, 9.17) is 9.84 Å². The minimum Gasteiger partial charge on any atom is -0.394 e. The molecule has 0 aromatic carbocycles.